The van der Waals surface area contributed by atoms with Gasteiger partial charge in [-0.1, -0.05) is 0 Å². The zero-order valence-electron chi connectivity index (χ0n) is 14.5. The molecule has 0 bridgehead atoms. The van der Waals surface area contributed by atoms with Gasteiger partial charge in [0.25, 0.3) is 11.6 Å². The predicted octanol–water partition coefficient (Wildman–Crippen LogP) is 0.900. The number of amides is 1. The van der Waals surface area contributed by atoms with E-state index in [0.29, 0.717) is 0 Å². The maximum absolute atomic E-state index is 13.7. The standard InChI is InChI=1S/C16H20FN3O6/c1-10-5-11(17)6-13(15(10)20(24)25)16(23)19-3-4-26-12(8-19)7-18(2)9-14(21)22/h5-6,12H,3-4,7-9H2,1-2H3,(H,21,22). The van der Waals surface area contributed by atoms with Gasteiger partial charge < -0.3 is 14.7 Å². The van der Waals surface area contributed by atoms with Crippen molar-refractivity contribution in [3.05, 3.63) is 39.2 Å². The number of nitrogens with zero attached hydrogens (tertiary/aromatic N) is 3. The molecule has 1 aliphatic heterocycles. The van der Waals surface area contributed by atoms with Gasteiger partial charge in [0, 0.05) is 25.2 Å². The van der Waals surface area contributed by atoms with E-state index in [1.807, 2.05) is 0 Å². The minimum absolute atomic E-state index is 0.0735. The summed E-state index contributed by atoms with van der Waals surface area (Å²) >= 11 is 0. The van der Waals surface area contributed by atoms with Crippen molar-refractivity contribution in [2.45, 2.75) is 13.0 Å². The van der Waals surface area contributed by atoms with Crippen LogP contribution >= 0.6 is 0 Å². The molecule has 1 heterocycles. The highest BCUT2D eigenvalue weighted by molar-refractivity contribution is 5.98. The number of carboxylic acid groups (broad SMARTS) is 1. The Kier molecular flexibility index (Phi) is 6.22. The van der Waals surface area contributed by atoms with Crippen LogP contribution in [0, 0.1) is 22.9 Å². The number of hydrogen-bond acceptors (Lipinski definition) is 6. The molecule has 2 rings (SSSR count). The molecule has 1 atom stereocenters. The Morgan fingerprint density at radius 3 is 2.81 bits per heavy atom. The molecule has 9 nitrogen and oxygen atoms in total. The third-order valence-electron chi connectivity index (χ3n) is 4.02. The average molecular weight is 369 g/mol. The van der Waals surface area contributed by atoms with E-state index in [1.165, 1.54) is 16.7 Å². The minimum Gasteiger partial charge on any atom is -0.480 e. The smallest absolute Gasteiger partial charge is 0.317 e. The zero-order chi connectivity index (χ0) is 19.4. The van der Waals surface area contributed by atoms with Crippen LogP contribution in [-0.2, 0) is 9.53 Å². The molecule has 0 saturated carbocycles. The minimum atomic E-state index is -0.984. The first-order chi connectivity index (χ1) is 12.2. The number of aryl methyl sites for hydroxylation is 1. The van der Waals surface area contributed by atoms with Crippen LogP contribution in [0.2, 0.25) is 0 Å². The van der Waals surface area contributed by atoms with Gasteiger partial charge in [0.1, 0.15) is 11.4 Å². The molecule has 10 heteroatoms. The van der Waals surface area contributed by atoms with E-state index in [4.69, 9.17) is 9.84 Å². The number of carbonyl (C=O) groups is 2. The number of benzene rings is 1. The van der Waals surface area contributed by atoms with Crippen molar-refractivity contribution in [2.24, 2.45) is 0 Å². The molecular weight excluding hydrogens is 349 g/mol. The van der Waals surface area contributed by atoms with Crippen LogP contribution in [0.1, 0.15) is 15.9 Å². The van der Waals surface area contributed by atoms with Crippen molar-refractivity contribution in [3.63, 3.8) is 0 Å². The number of nitro benzene ring substituents is 1. The summed E-state index contributed by atoms with van der Waals surface area (Å²) in [5.74, 6) is -2.35. The maximum atomic E-state index is 13.7. The Bertz CT molecular complexity index is 726. The number of aliphatic carboxylic acids is 1. The van der Waals surface area contributed by atoms with Gasteiger partial charge in [0.05, 0.1) is 24.2 Å². The summed E-state index contributed by atoms with van der Waals surface area (Å²) in [6.45, 7) is 2.03. The van der Waals surface area contributed by atoms with E-state index >= 15 is 0 Å². The monoisotopic (exact) mass is 369 g/mol. The quantitative estimate of drug-likeness (QED) is 0.585. The number of ether oxygens (including phenoxy) is 1. The fraction of sp³-hybridized carbons (Fsp3) is 0.500. The van der Waals surface area contributed by atoms with Crippen LogP contribution in [0.15, 0.2) is 12.1 Å². The van der Waals surface area contributed by atoms with Gasteiger partial charge >= 0.3 is 5.97 Å². The highest BCUT2D eigenvalue weighted by Gasteiger charge is 2.31. The number of hydrogen-bond donors (Lipinski definition) is 1. The number of morpholine rings is 1. The van der Waals surface area contributed by atoms with E-state index < -0.39 is 34.4 Å². The summed E-state index contributed by atoms with van der Waals surface area (Å²) in [6, 6.07) is 1.88. The second-order valence-corrected chi connectivity index (χ2v) is 6.21. The Hall–Kier alpha value is -2.59. The van der Waals surface area contributed by atoms with E-state index in [1.54, 1.807) is 7.05 Å². The molecule has 0 spiro atoms. The van der Waals surface area contributed by atoms with Crippen molar-refractivity contribution < 1.29 is 28.7 Å². The SMILES string of the molecule is Cc1cc(F)cc(C(=O)N2CCOC(CN(C)CC(=O)O)C2)c1[N+](=O)[O-]. The lowest BCUT2D eigenvalue weighted by atomic mass is 10.1. The lowest BCUT2D eigenvalue weighted by Crippen LogP contribution is -2.49. The number of likely N-dealkylation sites (N-methyl/N-ethyl adjacent to an activating group) is 1. The summed E-state index contributed by atoms with van der Waals surface area (Å²) in [5, 5.41) is 20.1. The molecule has 0 radical (unpaired) electrons. The molecule has 1 aromatic carbocycles. The van der Waals surface area contributed by atoms with Crippen LogP contribution < -0.4 is 0 Å². The highest BCUT2D eigenvalue weighted by Crippen LogP contribution is 2.26. The molecule has 1 N–H and O–H groups in total. The van der Waals surface area contributed by atoms with Crippen molar-refractivity contribution in [3.8, 4) is 0 Å². The normalized spacial score (nSPS) is 17.4. The van der Waals surface area contributed by atoms with Crippen LogP contribution in [0.25, 0.3) is 0 Å². The first-order valence-electron chi connectivity index (χ1n) is 7.94. The summed E-state index contributed by atoms with van der Waals surface area (Å²) in [5.41, 5.74) is -0.640. The lowest BCUT2D eigenvalue weighted by molar-refractivity contribution is -0.385. The van der Waals surface area contributed by atoms with Crippen LogP contribution in [0.4, 0.5) is 10.1 Å². The number of carbonyl (C=O) groups excluding carboxylic acids is 1. The van der Waals surface area contributed by atoms with Gasteiger partial charge in [0.2, 0.25) is 0 Å². The van der Waals surface area contributed by atoms with E-state index in [-0.39, 0.29) is 43.9 Å². The van der Waals surface area contributed by atoms with Gasteiger partial charge in [-0.25, -0.2) is 4.39 Å². The maximum Gasteiger partial charge on any atom is 0.317 e. The molecule has 1 aromatic rings. The first kappa shape index (κ1) is 19.7. The van der Waals surface area contributed by atoms with Crippen molar-refractivity contribution in [1.82, 2.24) is 9.80 Å². The fourth-order valence-electron chi connectivity index (χ4n) is 2.97. The zero-order valence-corrected chi connectivity index (χ0v) is 14.5. The molecule has 1 aliphatic rings. The average Bonchev–Trinajstić information content (AvgIpc) is 2.52. The molecule has 26 heavy (non-hydrogen) atoms. The molecule has 1 saturated heterocycles. The molecule has 142 valence electrons. The lowest BCUT2D eigenvalue weighted by Gasteiger charge is -2.34. The number of carboxylic acids is 1. The van der Waals surface area contributed by atoms with E-state index in [0.717, 1.165) is 12.1 Å². The Balaban J connectivity index is 2.17. The van der Waals surface area contributed by atoms with Crippen LogP contribution in [0.3, 0.4) is 0 Å². The third kappa shape index (κ3) is 4.73. The van der Waals surface area contributed by atoms with Gasteiger partial charge in [-0.05, 0) is 26.1 Å². The Morgan fingerprint density at radius 1 is 1.50 bits per heavy atom. The Morgan fingerprint density at radius 2 is 2.19 bits per heavy atom. The Labute approximate surface area is 149 Å². The summed E-state index contributed by atoms with van der Waals surface area (Å²) in [4.78, 5) is 36.9. The highest BCUT2D eigenvalue weighted by atomic mass is 19.1. The van der Waals surface area contributed by atoms with Gasteiger partial charge in [-0.2, -0.15) is 0 Å². The summed E-state index contributed by atoms with van der Waals surface area (Å²) in [7, 11) is 1.61. The number of halogens is 1. The predicted molar refractivity (Wildman–Crippen MR) is 88.6 cm³/mol. The molecule has 1 unspecified atom stereocenters. The van der Waals surface area contributed by atoms with Gasteiger partial charge in [0.15, 0.2) is 0 Å². The molecule has 0 aromatic heterocycles. The fourth-order valence-corrected chi connectivity index (χ4v) is 2.97. The van der Waals surface area contributed by atoms with E-state index in [9.17, 15) is 24.1 Å². The molecule has 1 amide bonds. The first-order valence-corrected chi connectivity index (χ1v) is 7.94. The number of rotatable bonds is 6. The number of nitro groups is 1. The summed E-state index contributed by atoms with van der Waals surface area (Å²) < 4.78 is 19.2. The van der Waals surface area contributed by atoms with E-state index in [2.05, 4.69) is 0 Å². The molecule has 0 aliphatic carbocycles. The topological polar surface area (TPSA) is 113 Å². The van der Waals surface area contributed by atoms with Crippen molar-refractivity contribution in [1.29, 1.82) is 0 Å². The van der Waals surface area contributed by atoms with Crippen molar-refractivity contribution >= 4 is 17.6 Å². The molecule has 1 fully saturated rings. The van der Waals surface area contributed by atoms with Crippen LogP contribution in [-0.4, -0.2) is 77.6 Å². The van der Waals surface area contributed by atoms with Crippen LogP contribution in [0.5, 0.6) is 0 Å². The second kappa shape index (κ2) is 8.19. The molecular formula is C16H20FN3O6. The van der Waals surface area contributed by atoms with Crippen molar-refractivity contribution in [2.75, 3.05) is 39.8 Å². The van der Waals surface area contributed by atoms with Gasteiger partial charge in [-0.3, -0.25) is 24.6 Å². The van der Waals surface area contributed by atoms with Gasteiger partial charge in [-0.15, -0.1) is 0 Å². The third-order valence-corrected chi connectivity index (χ3v) is 4.02. The second-order valence-electron chi connectivity index (χ2n) is 6.21. The summed E-state index contributed by atoms with van der Waals surface area (Å²) in [6.07, 6.45) is -0.439. The largest absolute Gasteiger partial charge is 0.480 e.